The molecule has 12 heavy (non-hydrogen) atoms. The number of hydrogen-bond donors (Lipinski definition) is 0. The van der Waals surface area contributed by atoms with Gasteiger partial charge in [-0.2, -0.15) is 0 Å². The van der Waals surface area contributed by atoms with E-state index in [-0.39, 0.29) is 0 Å². The van der Waals surface area contributed by atoms with E-state index in [9.17, 15) is 0 Å². The van der Waals surface area contributed by atoms with Gasteiger partial charge < -0.3 is 0 Å². The van der Waals surface area contributed by atoms with Crippen molar-refractivity contribution in [3.8, 4) is 0 Å². The van der Waals surface area contributed by atoms with Crippen LogP contribution in [0.3, 0.4) is 0 Å². The average Bonchev–Trinajstić information content (AvgIpc) is 2.32. The van der Waals surface area contributed by atoms with E-state index in [4.69, 9.17) is 0 Å². The Bertz CT molecular complexity index is 206. The van der Waals surface area contributed by atoms with Crippen LogP contribution in [0.2, 0.25) is 0 Å². The fourth-order valence-corrected chi connectivity index (χ4v) is 1.93. The van der Waals surface area contributed by atoms with Crippen molar-refractivity contribution < 1.29 is 0 Å². The lowest BCUT2D eigenvalue weighted by Gasteiger charge is -2.07. The van der Waals surface area contributed by atoms with E-state index in [1.54, 1.807) is 11.1 Å². The van der Waals surface area contributed by atoms with Crippen LogP contribution in [-0.2, 0) is 0 Å². The molecule has 1 aliphatic rings. The van der Waals surface area contributed by atoms with Gasteiger partial charge in [0, 0.05) is 0 Å². The summed E-state index contributed by atoms with van der Waals surface area (Å²) < 4.78 is 0. The maximum atomic E-state index is 2.42. The lowest BCUT2D eigenvalue weighted by Crippen LogP contribution is -1.93. The number of rotatable bonds is 1. The highest BCUT2D eigenvalue weighted by atomic mass is 14.3. The summed E-state index contributed by atoms with van der Waals surface area (Å²) in [5.41, 5.74) is 3.18. The zero-order valence-electron chi connectivity index (χ0n) is 8.72. The van der Waals surface area contributed by atoms with Gasteiger partial charge in [0.15, 0.2) is 0 Å². The molecule has 1 aliphatic carbocycles. The molecular weight excluding hydrogens is 144 g/mol. The molecule has 0 spiro atoms. The van der Waals surface area contributed by atoms with Crippen molar-refractivity contribution in [2.75, 3.05) is 0 Å². The van der Waals surface area contributed by atoms with Crippen molar-refractivity contribution in [1.29, 1.82) is 0 Å². The Morgan fingerprint density at radius 1 is 1.42 bits per heavy atom. The van der Waals surface area contributed by atoms with Gasteiger partial charge in [0.05, 0.1) is 0 Å². The van der Waals surface area contributed by atoms with Crippen molar-refractivity contribution in [3.05, 3.63) is 23.3 Å². The molecule has 1 unspecified atom stereocenters. The lowest BCUT2D eigenvalue weighted by atomic mass is 9.98. The zero-order valence-corrected chi connectivity index (χ0v) is 8.72. The van der Waals surface area contributed by atoms with Crippen LogP contribution in [0.5, 0.6) is 0 Å². The molecule has 0 amide bonds. The second kappa shape index (κ2) is 3.93. The van der Waals surface area contributed by atoms with Gasteiger partial charge >= 0.3 is 0 Å². The van der Waals surface area contributed by atoms with E-state index in [0.717, 1.165) is 5.92 Å². The van der Waals surface area contributed by atoms with Gasteiger partial charge in [-0.25, -0.2) is 0 Å². The summed E-state index contributed by atoms with van der Waals surface area (Å²) in [4.78, 5) is 0. The van der Waals surface area contributed by atoms with Gasteiger partial charge in [0.25, 0.3) is 0 Å². The monoisotopic (exact) mass is 164 g/mol. The molecule has 0 heterocycles. The molecule has 68 valence electrons. The highest BCUT2D eigenvalue weighted by molar-refractivity contribution is 5.36. The van der Waals surface area contributed by atoms with E-state index >= 15 is 0 Å². The summed E-state index contributed by atoms with van der Waals surface area (Å²) in [5, 5.41) is 0. The fourth-order valence-electron chi connectivity index (χ4n) is 1.93. The van der Waals surface area contributed by atoms with Crippen LogP contribution in [0.1, 0.15) is 40.5 Å². The summed E-state index contributed by atoms with van der Waals surface area (Å²) in [5.74, 6) is 1.48. The maximum absolute atomic E-state index is 2.42. The Morgan fingerprint density at radius 3 is 2.58 bits per heavy atom. The van der Waals surface area contributed by atoms with Crippen LogP contribution in [0.15, 0.2) is 23.3 Å². The van der Waals surface area contributed by atoms with Gasteiger partial charge in [-0.1, -0.05) is 32.9 Å². The SMILES string of the molecule is C/C=C1/CCC(C)/C1=C/C(C)C. The van der Waals surface area contributed by atoms with Gasteiger partial charge in [0.1, 0.15) is 0 Å². The van der Waals surface area contributed by atoms with Crippen LogP contribution in [0.4, 0.5) is 0 Å². The smallest absolute Gasteiger partial charge is 0.0188 e. The summed E-state index contributed by atoms with van der Waals surface area (Å²) in [6, 6.07) is 0. The normalized spacial score (nSPS) is 30.9. The third kappa shape index (κ3) is 2.00. The molecule has 0 aromatic carbocycles. The van der Waals surface area contributed by atoms with Gasteiger partial charge in [0.2, 0.25) is 0 Å². The second-order valence-electron chi connectivity index (χ2n) is 4.12. The fraction of sp³-hybridized carbons (Fsp3) is 0.667. The molecule has 1 atom stereocenters. The Balaban J connectivity index is 2.84. The first-order valence-corrected chi connectivity index (χ1v) is 5.02. The summed E-state index contributed by atoms with van der Waals surface area (Å²) in [7, 11) is 0. The topological polar surface area (TPSA) is 0 Å². The molecule has 0 bridgehead atoms. The Hall–Kier alpha value is -0.520. The summed E-state index contributed by atoms with van der Waals surface area (Å²) >= 11 is 0. The van der Waals surface area contributed by atoms with Gasteiger partial charge in [-0.3, -0.25) is 0 Å². The molecular formula is C12H20. The third-order valence-electron chi connectivity index (χ3n) is 2.61. The van der Waals surface area contributed by atoms with E-state index in [2.05, 4.69) is 39.8 Å². The molecule has 0 N–H and O–H groups in total. The Kier molecular flexibility index (Phi) is 3.13. The van der Waals surface area contributed by atoms with Crippen molar-refractivity contribution in [3.63, 3.8) is 0 Å². The van der Waals surface area contributed by atoms with Crippen molar-refractivity contribution in [1.82, 2.24) is 0 Å². The predicted octanol–water partition coefficient (Wildman–Crippen LogP) is 3.95. The molecule has 1 fully saturated rings. The first-order valence-electron chi connectivity index (χ1n) is 5.02. The Morgan fingerprint density at radius 2 is 2.08 bits per heavy atom. The van der Waals surface area contributed by atoms with Gasteiger partial charge in [-0.15, -0.1) is 0 Å². The van der Waals surface area contributed by atoms with E-state index < -0.39 is 0 Å². The highest BCUT2D eigenvalue weighted by Gasteiger charge is 2.20. The first-order chi connectivity index (χ1) is 5.65. The molecule has 0 aromatic rings. The Labute approximate surface area is 76.4 Å². The van der Waals surface area contributed by atoms with E-state index in [1.807, 2.05) is 0 Å². The van der Waals surface area contributed by atoms with Crippen LogP contribution >= 0.6 is 0 Å². The molecule has 0 aliphatic heterocycles. The maximum Gasteiger partial charge on any atom is -0.0188 e. The standard InChI is InChI=1S/C12H20/c1-5-11-7-6-10(4)12(11)8-9(2)3/h5,8-10H,6-7H2,1-4H3/b11-5-,12-8-. The minimum atomic E-state index is 0.690. The summed E-state index contributed by atoms with van der Waals surface area (Å²) in [6.45, 7) is 9.00. The third-order valence-corrected chi connectivity index (χ3v) is 2.61. The highest BCUT2D eigenvalue weighted by Crippen LogP contribution is 2.36. The largest absolute Gasteiger partial charge is 0.0842 e. The minimum absolute atomic E-state index is 0.690. The molecule has 1 saturated carbocycles. The molecule has 0 nitrogen and oxygen atoms in total. The van der Waals surface area contributed by atoms with E-state index in [0.29, 0.717) is 5.92 Å². The quantitative estimate of drug-likeness (QED) is 0.550. The zero-order chi connectivity index (χ0) is 9.14. The molecule has 0 aromatic heterocycles. The molecule has 0 saturated heterocycles. The second-order valence-corrected chi connectivity index (χ2v) is 4.12. The van der Waals surface area contributed by atoms with Crippen LogP contribution in [-0.4, -0.2) is 0 Å². The van der Waals surface area contributed by atoms with Crippen molar-refractivity contribution in [2.24, 2.45) is 11.8 Å². The first kappa shape index (κ1) is 9.57. The average molecular weight is 164 g/mol. The van der Waals surface area contributed by atoms with Crippen molar-refractivity contribution in [2.45, 2.75) is 40.5 Å². The summed E-state index contributed by atoms with van der Waals surface area (Å²) in [6.07, 6.45) is 7.33. The predicted molar refractivity (Wildman–Crippen MR) is 55.1 cm³/mol. The molecule has 0 heteroatoms. The van der Waals surface area contributed by atoms with Gasteiger partial charge in [-0.05, 0) is 42.7 Å². The molecule has 1 rings (SSSR count). The molecule has 0 radical (unpaired) electrons. The van der Waals surface area contributed by atoms with Crippen LogP contribution in [0, 0.1) is 11.8 Å². The van der Waals surface area contributed by atoms with Crippen LogP contribution < -0.4 is 0 Å². The van der Waals surface area contributed by atoms with Crippen LogP contribution in [0.25, 0.3) is 0 Å². The van der Waals surface area contributed by atoms with Crippen molar-refractivity contribution >= 4 is 0 Å². The van der Waals surface area contributed by atoms with E-state index in [1.165, 1.54) is 12.8 Å². The lowest BCUT2D eigenvalue weighted by molar-refractivity contribution is 0.685. The minimum Gasteiger partial charge on any atom is -0.0842 e. The number of hydrogen-bond acceptors (Lipinski definition) is 0. The number of allylic oxidation sites excluding steroid dienone is 4.